The molecule has 1 heterocycles. The number of aromatic nitrogens is 1. The Hall–Kier alpha value is -2.07. The first-order valence-corrected chi connectivity index (χ1v) is 12.3. The lowest BCUT2D eigenvalue weighted by Crippen LogP contribution is -2.35. The van der Waals surface area contributed by atoms with E-state index < -0.39 is 0 Å². The van der Waals surface area contributed by atoms with Gasteiger partial charge in [0.1, 0.15) is 5.75 Å². The van der Waals surface area contributed by atoms with Crippen molar-refractivity contribution in [2.45, 2.75) is 65.8 Å². The SMILES string of the molecule is C=C(NSC)C(CC)n1cc(CCCOc2cc(C)c(C)c(C)c2)c2c1=CCCC=2. The summed E-state index contributed by atoms with van der Waals surface area (Å²) in [4.78, 5) is 0. The van der Waals surface area contributed by atoms with Gasteiger partial charge in [0, 0.05) is 23.5 Å². The number of rotatable bonds is 10. The minimum Gasteiger partial charge on any atom is -0.494 e. The fourth-order valence-electron chi connectivity index (χ4n) is 4.31. The molecule has 1 unspecified atom stereocenters. The highest BCUT2D eigenvalue weighted by Gasteiger charge is 2.17. The fourth-order valence-corrected chi connectivity index (χ4v) is 4.71. The average molecular weight is 425 g/mol. The molecule has 1 aliphatic carbocycles. The van der Waals surface area contributed by atoms with Gasteiger partial charge in [-0.1, -0.05) is 37.6 Å². The van der Waals surface area contributed by atoms with E-state index in [0.29, 0.717) is 0 Å². The van der Waals surface area contributed by atoms with Gasteiger partial charge in [-0.3, -0.25) is 0 Å². The molecule has 0 fully saturated rings. The van der Waals surface area contributed by atoms with E-state index in [0.717, 1.165) is 50.2 Å². The summed E-state index contributed by atoms with van der Waals surface area (Å²) in [5, 5.41) is 2.77. The molecule has 3 nitrogen and oxygen atoms in total. The average Bonchev–Trinajstić information content (AvgIpc) is 3.09. The molecule has 3 rings (SSSR count). The molecular formula is C26H36N2OS. The van der Waals surface area contributed by atoms with Gasteiger partial charge in [0.05, 0.1) is 12.6 Å². The Morgan fingerprint density at radius 1 is 1.20 bits per heavy atom. The van der Waals surface area contributed by atoms with Crippen LogP contribution >= 0.6 is 11.9 Å². The van der Waals surface area contributed by atoms with Gasteiger partial charge in [-0.05, 0) is 92.5 Å². The van der Waals surface area contributed by atoms with E-state index in [1.165, 1.54) is 32.8 Å². The second kappa shape index (κ2) is 10.3. The fraction of sp³-hybridized carbons (Fsp3) is 0.462. The van der Waals surface area contributed by atoms with Crippen molar-refractivity contribution in [3.63, 3.8) is 0 Å². The van der Waals surface area contributed by atoms with Crippen molar-refractivity contribution in [3.05, 3.63) is 63.4 Å². The summed E-state index contributed by atoms with van der Waals surface area (Å²) >= 11 is 1.61. The summed E-state index contributed by atoms with van der Waals surface area (Å²) < 4.78 is 11.9. The molecule has 0 radical (unpaired) electrons. The van der Waals surface area contributed by atoms with Crippen molar-refractivity contribution in [2.75, 3.05) is 12.9 Å². The van der Waals surface area contributed by atoms with Gasteiger partial charge in [-0.2, -0.15) is 0 Å². The third-order valence-electron chi connectivity index (χ3n) is 6.17. The number of hydrogen-bond acceptors (Lipinski definition) is 3. The van der Waals surface area contributed by atoms with Crippen molar-refractivity contribution in [1.82, 2.24) is 9.29 Å². The predicted octanol–water partition coefficient (Wildman–Crippen LogP) is 5.11. The van der Waals surface area contributed by atoms with Crippen LogP contribution in [0.2, 0.25) is 0 Å². The van der Waals surface area contributed by atoms with Crippen LogP contribution in [0.4, 0.5) is 0 Å². The minimum absolute atomic E-state index is 0.275. The van der Waals surface area contributed by atoms with Crippen LogP contribution in [0.15, 0.2) is 30.6 Å². The van der Waals surface area contributed by atoms with Gasteiger partial charge in [-0.25, -0.2) is 0 Å². The number of aryl methyl sites for hydroxylation is 3. The van der Waals surface area contributed by atoms with Crippen LogP contribution < -0.4 is 20.0 Å². The van der Waals surface area contributed by atoms with E-state index in [9.17, 15) is 0 Å². The normalized spacial score (nSPS) is 13.8. The number of nitrogens with one attached hydrogen (secondary N) is 1. The monoisotopic (exact) mass is 424 g/mol. The van der Waals surface area contributed by atoms with E-state index in [2.05, 4.69) is 74.0 Å². The molecule has 0 amide bonds. The van der Waals surface area contributed by atoms with E-state index in [1.54, 1.807) is 11.9 Å². The molecule has 0 spiro atoms. The first-order valence-electron chi connectivity index (χ1n) is 11.0. The standard InChI is InChI=1S/C26H36N2OS/c1-7-25(21(5)27-30-6)28-17-22(24-12-8-9-13-26(24)28)11-10-14-29-23-15-18(2)20(4)19(3)16-23/h12-13,15-17,25,27H,5,7-11,14H2,1-4,6H3. The number of fused-ring (bicyclic) bond motifs is 1. The van der Waals surface area contributed by atoms with Crippen LogP contribution in [0, 0.1) is 20.8 Å². The highest BCUT2D eigenvalue weighted by atomic mass is 32.2. The van der Waals surface area contributed by atoms with Crippen LogP contribution in [0.3, 0.4) is 0 Å². The van der Waals surface area contributed by atoms with Crippen molar-refractivity contribution in [3.8, 4) is 5.75 Å². The van der Waals surface area contributed by atoms with Crippen LogP contribution in [0.5, 0.6) is 5.75 Å². The second-order valence-electron chi connectivity index (χ2n) is 8.24. The Labute approximate surface area is 186 Å². The molecule has 2 aromatic rings. The first kappa shape index (κ1) is 22.6. The lowest BCUT2D eigenvalue weighted by Gasteiger charge is -2.21. The topological polar surface area (TPSA) is 26.2 Å². The molecule has 30 heavy (non-hydrogen) atoms. The van der Waals surface area contributed by atoms with Crippen LogP contribution in [-0.2, 0) is 6.42 Å². The van der Waals surface area contributed by atoms with E-state index in [4.69, 9.17) is 4.74 Å². The van der Waals surface area contributed by atoms with Crippen molar-refractivity contribution < 1.29 is 4.74 Å². The zero-order chi connectivity index (χ0) is 21.7. The maximum Gasteiger partial charge on any atom is 0.119 e. The lowest BCUT2D eigenvalue weighted by atomic mass is 10.0. The first-order chi connectivity index (χ1) is 14.5. The van der Waals surface area contributed by atoms with Crippen LogP contribution in [-0.4, -0.2) is 17.4 Å². The quantitative estimate of drug-likeness (QED) is 0.424. The summed E-state index contributed by atoms with van der Waals surface area (Å²) in [5.41, 5.74) is 6.44. The van der Waals surface area contributed by atoms with Crippen LogP contribution in [0.1, 0.15) is 60.9 Å². The number of allylic oxidation sites excluding steroid dienone is 1. The Balaban J connectivity index is 1.73. The highest BCUT2D eigenvalue weighted by molar-refractivity contribution is 7.96. The molecule has 1 atom stereocenters. The summed E-state index contributed by atoms with van der Waals surface area (Å²) in [6.45, 7) is 13.7. The van der Waals surface area contributed by atoms with Crippen molar-refractivity contribution in [1.29, 1.82) is 0 Å². The molecule has 1 aliphatic rings. The second-order valence-corrected chi connectivity index (χ2v) is 8.85. The zero-order valence-electron chi connectivity index (χ0n) is 19.2. The number of nitrogens with zero attached hydrogens (tertiary/aromatic N) is 1. The zero-order valence-corrected chi connectivity index (χ0v) is 20.0. The molecule has 162 valence electrons. The molecule has 1 N–H and O–H groups in total. The van der Waals surface area contributed by atoms with E-state index in [1.807, 2.05) is 6.26 Å². The Kier molecular flexibility index (Phi) is 7.76. The van der Waals surface area contributed by atoms with Crippen LogP contribution in [0.25, 0.3) is 12.2 Å². The summed E-state index contributed by atoms with van der Waals surface area (Å²) in [6, 6.07) is 4.58. The third kappa shape index (κ3) is 4.97. The van der Waals surface area contributed by atoms with Crippen molar-refractivity contribution in [2.24, 2.45) is 0 Å². The van der Waals surface area contributed by atoms with Gasteiger partial charge in [-0.15, -0.1) is 0 Å². The highest BCUT2D eigenvalue weighted by Crippen LogP contribution is 2.22. The molecule has 0 bridgehead atoms. The smallest absolute Gasteiger partial charge is 0.119 e. The van der Waals surface area contributed by atoms with Gasteiger partial charge >= 0.3 is 0 Å². The third-order valence-corrected chi connectivity index (χ3v) is 6.63. The van der Waals surface area contributed by atoms with E-state index in [-0.39, 0.29) is 6.04 Å². The minimum atomic E-state index is 0.275. The van der Waals surface area contributed by atoms with Gasteiger partial charge in [0.2, 0.25) is 0 Å². The molecular weight excluding hydrogens is 388 g/mol. The van der Waals surface area contributed by atoms with Gasteiger partial charge in [0.25, 0.3) is 0 Å². The number of hydrogen-bond donors (Lipinski definition) is 1. The molecule has 0 aliphatic heterocycles. The molecule has 0 saturated carbocycles. The maximum atomic E-state index is 6.08. The largest absolute Gasteiger partial charge is 0.494 e. The lowest BCUT2D eigenvalue weighted by molar-refractivity contribution is 0.310. The summed E-state index contributed by atoms with van der Waals surface area (Å²) in [6.07, 6.45) is 14.5. The predicted molar refractivity (Wildman–Crippen MR) is 131 cm³/mol. The molecule has 0 saturated heterocycles. The molecule has 1 aromatic heterocycles. The number of benzene rings is 1. The summed E-state index contributed by atoms with van der Waals surface area (Å²) in [5.74, 6) is 0.987. The van der Waals surface area contributed by atoms with Crippen molar-refractivity contribution >= 4 is 24.1 Å². The Bertz CT molecular complexity index is 995. The molecule has 1 aromatic carbocycles. The Morgan fingerprint density at radius 3 is 2.57 bits per heavy atom. The Morgan fingerprint density at radius 2 is 1.90 bits per heavy atom. The van der Waals surface area contributed by atoms with E-state index >= 15 is 0 Å². The van der Waals surface area contributed by atoms with Gasteiger partial charge in [0.15, 0.2) is 0 Å². The number of ether oxygens (including phenoxy) is 1. The summed E-state index contributed by atoms with van der Waals surface area (Å²) in [7, 11) is 0. The molecule has 4 heteroatoms. The maximum absolute atomic E-state index is 6.08. The van der Waals surface area contributed by atoms with Gasteiger partial charge < -0.3 is 14.0 Å².